The van der Waals surface area contributed by atoms with Crippen LogP contribution in [0.4, 0.5) is 4.79 Å². The molecule has 0 aromatic heterocycles. The molecule has 1 fully saturated rings. The molecular weight excluding hydrogens is 340 g/mol. The average molecular weight is 366 g/mol. The number of urea groups is 1. The van der Waals surface area contributed by atoms with Crippen molar-refractivity contribution in [2.24, 2.45) is 9.98 Å². The Bertz CT molecular complexity index is 789. The molecule has 1 aromatic rings. The Hall–Kier alpha value is -2.83. The zero-order valence-electron chi connectivity index (χ0n) is 15.9. The number of rotatable bonds is 3. The predicted octanol–water partition coefficient (Wildman–Crippen LogP) is 1.81. The van der Waals surface area contributed by atoms with Crippen molar-refractivity contribution in [2.45, 2.75) is 26.4 Å². The van der Waals surface area contributed by atoms with E-state index in [9.17, 15) is 4.79 Å². The van der Waals surface area contributed by atoms with Gasteiger partial charge in [0, 0.05) is 45.3 Å². The van der Waals surface area contributed by atoms with Crippen LogP contribution in [0.5, 0.6) is 0 Å². The molecule has 0 bridgehead atoms. The molecule has 1 aromatic carbocycles. The van der Waals surface area contributed by atoms with E-state index >= 15 is 0 Å². The molecule has 0 aliphatic carbocycles. The molecule has 27 heavy (non-hydrogen) atoms. The van der Waals surface area contributed by atoms with Crippen molar-refractivity contribution < 1.29 is 4.79 Å². The Morgan fingerprint density at radius 1 is 1.19 bits per heavy atom. The number of carbonyl (C=O) groups excluding carboxylic acids is 1. The summed E-state index contributed by atoms with van der Waals surface area (Å²) in [6.07, 6.45) is 3.93. The molecule has 3 heterocycles. The smallest absolute Gasteiger partial charge is 0.317 e. The van der Waals surface area contributed by atoms with E-state index in [-0.39, 0.29) is 6.03 Å². The molecule has 4 rings (SSSR count). The number of amidine groups is 1. The van der Waals surface area contributed by atoms with Crippen LogP contribution in [0.1, 0.15) is 18.1 Å². The minimum Gasteiger partial charge on any atom is -0.353 e. The Labute approximate surface area is 160 Å². The molecule has 1 saturated heterocycles. The quantitative estimate of drug-likeness (QED) is 0.887. The maximum atomic E-state index is 12.4. The molecule has 0 saturated carbocycles. The van der Waals surface area contributed by atoms with Crippen molar-refractivity contribution in [3.8, 4) is 0 Å². The third-order valence-corrected chi connectivity index (χ3v) is 5.15. The van der Waals surface area contributed by atoms with Crippen LogP contribution in [0.2, 0.25) is 0 Å². The van der Waals surface area contributed by atoms with Gasteiger partial charge in [-0.2, -0.15) is 0 Å². The van der Waals surface area contributed by atoms with E-state index in [1.54, 1.807) is 0 Å². The van der Waals surface area contributed by atoms with Gasteiger partial charge in [-0.25, -0.2) is 9.79 Å². The molecule has 3 aliphatic rings. The van der Waals surface area contributed by atoms with Crippen LogP contribution in [-0.4, -0.2) is 71.7 Å². The van der Waals surface area contributed by atoms with Crippen LogP contribution in [-0.2, 0) is 6.54 Å². The maximum Gasteiger partial charge on any atom is 0.317 e. The number of hydrogen-bond acceptors (Lipinski definition) is 5. The van der Waals surface area contributed by atoms with E-state index < -0.39 is 0 Å². The van der Waals surface area contributed by atoms with E-state index in [0.29, 0.717) is 25.7 Å². The van der Waals surface area contributed by atoms with E-state index in [4.69, 9.17) is 0 Å². The Kier molecular flexibility index (Phi) is 4.83. The fourth-order valence-electron chi connectivity index (χ4n) is 3.53. The minimum atomic E-state index is -0.00322. The van der Waals surface area contributed by atoms with Gasteiger partial charge in [0.15, 0.2) is 0 Å². The van der Waals surface area contributed by atoms with Crippen LogP contribution in [0.3, 0.4) is 0 Å². The number of amides is 2. The normalized spacial score (nSPS) is 21.7. The van der Waals surface area contributed by atoms with Crippen molar-refractivity contribution in [1.82, 2.24) is 20.0 Å². The lowest BCUT2D eigenvalue weighted by Crippen LogP contribution is -2.51. The Morgan fingerprint density at radius 3 is 2.67 bits per heavy atom. The monoisotopic (exact) mass is 366 g/mol. The highest BCUT2D eigenvalue weighted by Gasteiger charge is 2.26. The number of benzene rings is 1. The van der Waals surface area contributed by atoms with Gasteiger partial charge in [-0.05, 0) is 19.4 Å². The first-order chi connectivity index (χ1) is 13.1. The van der Waals surface area contributed by atoms with Gasteiger partial charge in [-0.3, -0.25) is 4.99 Å². The second kappa shape index (κ2) is 7.42. The first-order valence-electron chi connectivity index (χ1n) is 9.52. The number of hydrogen-bond donors (Lipinski definition) is 1. The number of nitrogens with zero attached hydrogens (tertiary/aromatic N) is 5. The largest absolute Gasteiger partial charge is 0.353 e. The molecule has 2 amide bonds. The average Bonchev–Trinajstić information content (AvgIpc) is 3.06. The van der Waals surface area contributed by atoms with Gasteiger partial charge < -0.3 is 20.0 Å². The van der Waals surface area contributed by atoms with E-state index in [2.05, 4.69) is 69.3 Å². The second-order valence-corrected chi connectivity index (χ2v) is 7.35. The first kappa shape index (κ1) is 17.6. The highest BCUT2D eigenvalue weighted by Crippen LogP contribution is 2.18. The molecule has 0 spiro atoms. The Balaban J connectivity index is 1.28. The number of aryl methyl sites for hydroxylation is 1. The van der Waals surface area contributed by atoms with E-state index in [0.717, 1.165) is 36.9 Å². The summed E-state index contributed by atoms with van der Waals surface area (Å²) in [4.78, 5) is 27.8. The van der Waals surface area contributed by atoms with Crippen molar-refractivity contribution in [1.29, 1.82) is 0 Å². The summed E-state index contributed by atoms with van der Waals surface area (Å²) in [6, 6.07) is 8.55. The fraction of sp³-hybridized carbons (Fsp3) is 0.450. The first-order valence-corrected chi connectivity index (χ1v) is 9.52. The van der Waals surface area contributed by atoms with Gasteiger partial charge in [0.2, 0.25) is 0 Å². The van der Waals surface area contributed by atoms with Crippen molar-refractivity contribution in [2.75, 3.05) is 32.7 Å². The molecular formula is C20H26N6O. The van der Waals surface area contributed by atoms with Gasteiger partial charge in [-0.15, -0.1) is 0 Å². The highest BCUT2D eigenvalue weighted by atomic mass is 16.2. The zero-order chi connectivity index (χ0) is 18.8. The van der Waals surface area contributed by atoms with Crippen LogP contribution in [0, 0.1) is 6.92 Å². The Morgan fingerprint density at radius 2 is 1.93 bits per heavy atom. The van der Waals surface area contributed by atoms with Gasteiger partial charge in [0.25, 0.3) is 0 Å². The van der Waals surface area contributed by atoms with Crippen molar-refractivity contribution in [3.63, 3.8) is 0 Å². The summed E-state index contributed by atoms with van der Waals surface area (Å²) < 4.78 is 0. The summed E-state index contributed by atoms with van der Waals surface area (Å²) in [7, 11) is 0. The summed E-state index contributed by atoms with van der Waals surface area (Å²) in [5.41, 5.74) is 2.34. The molecule has 3 aliphatic heterocycles. The second-order valence-electron chi connectivity index (χ2n) is 7.35. The molecule has 7 nitrogen and oxygen atoms in total. The van der Waals surface area contributed by atoms with Crippen LogP contribution in [0.15, 0.2) is 46.1 Å². The lowest BCUT2D eigenvalue weighted by Gasteiger charge is -2.36. The molecule has 142 valence electrons. The summed E-state index contributed by atoms with van der Waals surface area (Å²) in [6.45, 7) is 8.58. The van der Waals surface area contributed by atoms with E-state index in [1.165, 1.54) is 5.56 Å². The van der Waals surface area contributed by atoms with Gasteiger partial charge in [-0.1, -0.05) is 29.8 Å². The third-order valence-electron chi connectivity index (χ3n) is 5.15. The van der Waals surface area contributed by atoms with Crippen LogP contribution in [0.25, 0.3) is 0 Å². The van der Waals surface area contributed by atoms with E-state index in [1.807, 2.05) is 11.2 Å². The number of fused-ring (bicyclic) bond motifs is 1. The predicted molar refractivity (Wildman–Crippen MR) is 107 cm³/mol. The SMILES string of the molecule is Cc1ccc(CNC(=O)N2CCN(C3=CC4=N[C@@H](C)CN4C=N3)CC2)cc1. The number of aliphatic imine (C=N–C) groups is 2. The maximum absolute atomic E-state index is 12.4. The fourth-order valence-corrected chi connectivity index (χ4v) is 3.53. The molecule has 7 heteroatoms. The lowest BCUT2D eigenvalue weighted by molar-refractivity contribution is 0.156. The van der Waals surface area contributed by atoms with Crippen LogP contribution >= 0.6 is 0 Å². The topological polar surface area (TPSA) is 63.5 Å². The number of carbonyl (C=O) groups is 1. The number of piperazine rings is 1. The van der Waals surface area contributed by atoms with Crippen LogP contribution < -0.4 is 5.32 Å². The van der Waals surface area contributed by atoms with Gasteiger partial charge in [0.05, 0.1) is 12.4 Å². The van der Waals surface area contributed by atoms with Gasteiger partial charge in [0.1, 0.15) is 11.7 Å². The summed E-state index contributed by atoms with van der Waals surface area (Å²) in [5, 5.41) is 3.02. The number of nitrogens with one attached hydrogen (secondary N) is 1. The lowest BCUT2D eigenvalue weighted by atomic mass is 10.1. The van der Waals surface area contributed by atoms with Gasteiger partial charge >= 0.3 is 6.03 Å². The summed E-state index contributed by atoms with van der Waals surface area (Å²) >= 11 is 0. The molecule has 0 unspecified atom stereocenters. The minimum absolute atomic E-state index is 0.00322. The zero-order valence-corrected chi connectivity index (χ0v) is 15.9. The molecule has 1 N–H and O–H groups in total. The standard InChI is InChI=1S/C20H26N6O/c1-15-3-5-17(6-4-15)12-21-20(27)25-9-7-24(8-10-25)18-11-19-23-16(2)13-26(19)14-22-18/h3-6,11,14,16H,7-10,12-13H2,1-2H3,(H,21,27)/t16-/m0/s1. The third kappa shape index (κ3) is 3.97. The summed E-state index contributed by atoms with van der Waals surface area (Å²) in [5.74, 6) is 1.93. The van der Waals surface area contributed by atoms with Crippen molar-refractivity contribution in [3.05, 3.63) is 47.3 Å². The highest BCUT2D eigenvalue weighted by molar-refractivity contribution is 6.03. The molecule has 1 atom stereocenters. The molecule has 0 radical (unpaired) electrons. The van der Waals surface area contributed by atoms with Crippen molar-refractivity contribution >= 4 is 18.2 Å².